The van der Waals surface area contributed by atoms with Gasteiger partial charge < -0.3 is 4.74 Å². The summed E-state index contributed by atoms with van der Waals surface area (Å²) in [5.74, 6) is 3.07. The fourth-order valence-electron chi connectivity index (χ4n) is 6.94. The zero-order valence-corrected chi connectivity index (χ0v) is 16.6. The second-order valence-electron chi connectivity index (χ2n) is 9.92. The highest BCUT2D eigenvalue weighted by Gasteiger charge is 2.50. The number of benzene rings is 1. The van der Waals surface area contributed by atoms with Crippen molar-refractivity contribution in [3.05, 3.63) is 35.9 Å². The Balaban J connectivity index is 1.40. The zero-order valence-electron chi connectivity index (χ0n) is 16.6. The number of fused-ring (bicyclic) bond motifs is 5. The van der Waals surface area contributed by atoms with Gasteiger partial charge in [0.1, 0.15) is 5.75 Å². The van der Waals surface area contributed by atoms with Crippen molar-refractivity contribution in [1.29, 1.82) is 0 Å². The second kappa shape index (κ2) is 6.50. The number of carbonyl (C=O) groups excluding carboxylic acids is 1. The number of hydrogen-bond acceptors (Lipinski definition) is 2. The maximum absolute atomic E-state index is 12.4. The van der Waals surface area contributed by atoms with Crippen molar-refractivity contribution in [2.75, 3.05) is 0 Å². The van der Waals surface area contributed by atoms with Crippen LogP contribution in [0.25, 0.3) is 5.57 Å². The van der Waals surface area contributed by atoms with Crippen molar-refractivity contribution in [2.24, 2.45) is 23.2 Å². The van der Waals surface area contributed by atoms with Crippen LogP contribution in [-0.2, 0) is 4.79 Å². The first kappa shape index (κ1) is 17.5. The Kier molecular flexibility index (Phi) is 4.22. The molecule has 2 nitrogen and oxygen atoms in total. The molecule has 0 spiro atoms. The molecule has 1 aromatic rings. The lowest BCUT2D eigenvalue weighted by Crippen LogP contribution is -2.39. The molecule has 5 rings (SSSR count). The number of hydrogen-bond donors (Lipinski definition) is 0. The number of esters is 1. The summed E-state index contributed by atoms with van der Waals surface area (Å²) >= 11 is 0. The van der Waals surface area contributed by atoms with E-state index in [1.807, 2.05) is 6.07 Å². The zero-order chi connectivity index (χ0) is 18.6. The summed E-state index contributed by atoms with van der Waals surface area (Å²) in [6.07, 6.45) is 12.3. The van der Waals surface area contributed by atoms with Gasteiger partial charge in [-0.1, -0.05) is 38.8 Å². The maximum atomic E-state index is 12.4. The highest BCUT2D eigenvalue weighted by molar-refractivity contribution is 5.77. The maximum Gasteiger partial charge on any atom is 0.314 e. The van der Waals surface area contributed by atoms with Crippen LogP contribution in [-0.4, -0.2) is 5.97 Å². The van der Waals surface area contributed by atoms with Crippen molar-refractivity contribution < 1.29 is 9.53 Å². The number of ether oxygens (including phenoxy) is 1. The van der Waals surface area contributed by atoms with Crippen molar-refractivity contribution in [1.82, 2.24) is 0 Å². The van der Waals surface area contributed by atoms with Gasteiger partial charge in [-0.25, -0.2) is 0 Å². The fourth-order valence-corrected chi connectivity index (χ4v) is 6.94. The molecule has 0 radical (unpaired) electrons. The Morgan fingerprint density at radius 3 is 2.74 bits per heavy atom. The van der Waals surface area contributed by atoms with Crippen LogP contribution in [0, 0.1) is 23.2 Å². The molecule has 4 atom stereocenters. The SMILES string of the molecule is C=C1CC2C(CC[C@]3(C)CCCC23)c2ccc(OC(=O)C3CCCC3)cc21. The van der Waals surface area contributed by atoms with E-state index < -0.39 is 0 Å². The Hall–Kier alpha value is -1.57. The summed E-state index contributed by atoms with van der Waals surface area (Å²) in [6, 6.07) is 6.37. The van der Waals surface area contributed by atoms with Crippen LogP contribution in [0.4, 0.5) is 0 Å². The average Bonchev–Trinajstić information content (AvgIpc) is 3.31. The predicted molar refractivity (Wildman–Crippen MR) is 109 cm³/mol. The lowest BCUT2D eigenvalue weighted by atomic mass is 9.55. The van der Waals surface area contributed by atoms with E-state index in [-0.39, 0.29) is 11.9 Å². The molecule has 0 saturated heterocycles. The van der Waals surface area contributed by atoms with E-state index >= 15 is 0 Å². The quantitative estimate of drug-likeness (QED) is 0.442. The lowest BCUT2D eigenvalue weighted by Gasteiger charge is -2.49. The Morgan fingerprint density at radius 2 is 1.93 bits per heavy atom. The van der Waals surface area contributed by atoms with Crippen LogP contribution in [0.15, 0.2) is 24.8 Å². The second-order valence-corrected chi connectivity index (χ2v) is 9.92. The molecule has 3 unspecified atom stereocenters. The first-order chi connectivity index (χ1) is 13.0. The highest BCUT2D eigenvalue weighted by atomic mass is 16.5. The molecule has 27 heavy (non-hydrogen) atoms. The third-order valence-electron chi connectivity index (χ3n) is 8.41. The molecule has 0 heterocycles. The molecule has 0 N–H and O–H groups in total. The molecular formula is C25H32O2. The summed E-state index contributed by atoms with van der Waals surface area (Å²) in [5.41, 5.74) is 4.54. The smallest absolute Gasteiger partial charge is 0.314 e. The summed E-state index contributed by atoms with van der Waals surface area (Å²) in [6.45, 7) is 6.97. The molecule has 4 aliphatic rings. The van der Waals surface area contributed by atoms with Gasteiger partial charge in [-0.15, -0.1) is 0 Å². The van der Waals surface area contributed by atoms with E-state index in [9.17, 15) is 4.79 Å². The molecule has 1 aromatic carbocycles. The van der Waals surface area contributed by atoms with Gasteiger partial charge in [0.25, 0.3) is 0 Å². The Morgan fingerprint density at radius 1 is 1.11 bits per heavy atom. The van der Waals surface area contributed by atoms with Crippen LogP contribution >= 0.6 is 0 Å². The van der Waals surface area contributed by atoms with Crippen molar-refractivity contribution in [2.45, 2.75) is 77.0 Å². The minimum atomic E-state index is -0.0360. The lowest BCUT2D eigenvalue weighted by molar-refractivity contribution is -0.138. The van der Waals surface area contributed by atoms with E-state index in [1.54, 1.807) is 0 Å². The van der Waals surface area contributed by atoms with Gasteiger partial charge in [0, 0.05) is 0 Å². The monoisotopic (exact) mass is 364 g/mol. The van der Waals surface area contributed by atoms with Gasteiger partial charge in [-0.2, -0.15) is 0 Å². The molecule has 0 amide bonds. The summed E-state index contributed by atoms with van der Waals surface area (Å²) < 4.78 is 5.75. The summed E-state index contributed by atoms with van der Waals surface area (Å²) in [5, 5.41) is 0. The molecule has 0 bridgehead atoms. The topological polar surface area (TPSA) is 26.3 Å². The normalized spacial score (nSPS) is 35.4. The van der Waals surface area contributed by atoms with Crippen molar-refractivity contribution in [3.8, 4) is 5.75 Å². The summed E-state index contributed by atoms with van der Waals surface area (Å²) in [7, 11) is 0. The van der Waals surface area contributed by atoms with Crippen LogP contribution in [0.3, 0.4) is 0 Å². The minimum absolute atomic E-state index is 0.0360. The number of allylic oxidation sites excluding steroid dienone is 1. The standard InChI is InChI=1S/C25H32O2/c1-16-14-22-20(11-13-25(2)12-5-8-23(22)25)19-10-9-18(15-21(16)19)27-24(26)17-6-3-4-7-17/h9-10,15,17,20,22-23H,1,3-8,11-14H2,2H3/t20?,22?,23?,25-/m0/s1. The molecule has 0 aliphatic heterocycles. The minimum Gasteiger partial charge on any atom is -0.426 e. The molecule has 4 aliphatic carbocycles. The fraction of sp³-hybridized carbons (Fsp3) is 0.640. The van der Waals surface area contributed by atoms with E-state index in [0.29, 0.717) is 17.1 Å². The first-order valence-corrected chi connectivity index (χ1v) is 11.1. The van der Waals surface area contributed by atoms with Gasteiger partial charge in [-0.3, -0.25) is 4.79 Å². The Bertz CT molecular complexity index is 773. The third-order valence-corrected chi connectivity index (χ3v) is 8.41. The Labute approximate surface area is 163 Å². The van der Waals surface area contributed by atoms with Crippen LogP contribution in [0.2, 0.25) is 0 Å². The molecule has 2 heteroatoms. The predicted octanol–water partition coefficient (Wildman–Crippen LogP) is 6.50. The van der Waals surface area contributed by atoms with E-state index in [4.69, 9.17) is 4.74 Å². The van der Waals surface area contributed by atoms with E-state index in [1.165, 1.54) is 48.8 Å². The van der Waals surface area contributed by atoms with Gasteiger partial charge in [0.15, 0.2) is 0 Å². The number of carbonyl (C=O) groups is 1. The molecule has 3 fully saturated rings. The van der Waals surface area contributed by atoms with Gasteiger partial charge in [0.05, 0.1) is 5.92 Å². The first-order valence-electron chi connectivity index (χ1n) is 11.1. The third kappa shape index (κ3) is 2.87. The van der Waals surface area contributed by atoms with Crippen LogP contribution < -0.4 is 4.74 Å². The van der Waals surface area contributed by atoms with Crippen LogP contribution in [0.5, 0.6) is 5.75 Å². The van der Waals surface area contributed by atoms with Gasteiger partial charge >= 0.3 is 5.97 Å². The van der Waals surface area contributed by atoms with Gasteiger partial charge in [0.2, 0.25) is 0 Å². The summed E-state index contributed by atoms with van der Waals surface area (Å²) in [4.78, 5) is 12.4. The molecular weight excluding hydrogens is 332 g/mol. The highest BCUT2D eigenvalue weighted by Crippen LogP contribution is 2.62. The molecule has 3 saturated carbocycles. The van der Waals surface area contributed by atoms with Crippen molar-refractivity contribution >= 4 is 11.5 Å². The van der Waals surface area contributed by atoms with E-state index in [2.05, 4.69) is 25.6 Å². The van der Waals surface area contributed by atoms with Crippen LogP contribution in [0.1, 0.15) is 88.2 Å². The number of rotatable bonds is 2. The molecule has 0 aromatic heterocycles. The van der Waals surface area contributed by atoms with Crippen molar-refractivity contribution in [3.63, 3.8) is 0 Å². The average molecular weight is 365 g/mol. The largest absolute Gasteiger partial charge is 0.426 e. The molecule has 144 valence electrons. The van der Waals surface area contributed by atoms with E-state index in [0.717, 1.165) is 43.9 Å². The van der Waals surface area contributed by atoms with Gasteiger partial charge in [-0.05, 0) is 96.9 Å².